The van der Waals surface area contributed by atoms with E-state index in [4.69, 9.17) is 9.47 Å². The fraction of sp³-hybridized carbons (Fsp3) is 0.690. The first kappa shape index (κ1) is 33.5. The average Bonchev–Trinajstić information content (AvgIpc) is 3.59. The molecule has 42 heavy (non-hydrogen) atoms. The molecule has 1 aliphatic heterocycles. The highest BCUT2D eigenvalue weighted by atomic mass is 19.4. The number of amides is 2. The van der Waals surface area contributed by atoms with E-state index in [1.807, 2.05) is 6.92 Å². The monoisotopic (exact) mass is 608 g/mol. The molecule has 1 aliphatic carbocycles. The molecule has 1 heterocycles. The second-order valence-electron chi connectivity index (χ2n) is 11.9. The summed E-state index contributed by atoms with van der Waals surface area (Å²) in [4.78, 5) is 41.0. The number of nitrogens with one attached hydrogen (secondary N) is 1. The van der Waals surface area contributed by atoms with E-state index in [0.717, 1.165) is 32.1 Å². The molecule has 0 radical (unpaired) electrons. The lowest BCUT2D eigenvalue weighted by atomic mass is 9.95. The highest BCUT2D eigenvalue weighted by Gasteiger charge is 2.59. The average molecular weight is 609 g/mol. The number of carbonyl (C=O) groups excluding carboxylic acids is 3. The first-order valence-electron chi connectivity index (χ1n) is 14.2. The van der Waals surface area contributed by atoms with Crippen LogP contribution in [0, 0.1) is 0 Å². The zero-order valence-corrected chi connectivity index (χ0v) is 24.2. The van der Waals surface area contributed by atoms with E-state index in [9.17, 15) is 40.7 Å². The molecule has 1 N–H and O–H groups in total. The number of esters is 1. The van der Waals surface area contributed by atoms with E-state index >= 15 is 0 Å². The van der Waals surface area contributed by atoms with Gasteiger partial charge in [-0.25, -0.2) is 9.59 Å². The molecule has 0 spiro atoms. The molecule has 1 aromatic carbocycles. The van der Waals surface area contributed by atoms with E-state index in [2.05, 4.69) is 5.32 Å². The molecular weight excluding hydrogens is 570 g/mol. The van der Waals surface area contributed by atoms with Gasteiger partial charge in [-0.3, -0.25) is 9.69 Å². The van der Waals surface area contributed by atoms with Crippen LogP contribution in [0.2, 0.25) is 0 Å². The number of ether oxygens (including phenoxy) is 2. The van der Waals surface area contributed by atoms with Gasteiger partial charge in [-0.2, -0.15) is 26.3 Å². The van der Waals surface area contributed by atoms with Crippen molar-refractivity contribution in [1.29, 1.82) is 0 Å². The molecule has 1 saturated carbocycles. The van der Waals surface area contributed by atoms with Crippen LogP contribution in [0.25, 0.3) is 0 Å². The van der Waals surface area contributed by atoms with Gasteiger partial charge >= 0.3 is 24.4 Å². The van der Waals surface area contributed by atoms with E-state index in [0.29, 0.717) is 25.7 Å². The molecule has 1 aromatic rings. The third-order valence-corrected chi connectivity index (χ3v) is 7.27. The Morgan fingerprint density at radius 2 is 1.50 bits per heavy atom. The zero-order valence-electron chi connectivity index (χ0n) is 24.2. The normalized spacial score (nSPS) is 20.6. The number of alkyl halides is 6. The summed E-state index contributed by atoms with van der Waals surface area (Å²) in [6.07, 6.45) is -6.00. The molecule has 0 unspecified atom stereocenters. The highest BCUT2D eigenvalue weighted by molar-refractivity contribution is 5.94. The molecule has 0 bridgehead atoms. The topological polar surface area (TPSA) is 84.7 Å². The maximum Gasteiger partial charge on any atom is 0.416 e. The van der Waals surface area contributed by atoms with E-state index in [1.165, 1.54) is 4.90 Å². The number of carbonyl (C=O) groups is 3. The zero-order chi connectivity index (χ0) is 31.5. The van der Waals surface area contributed by atoms with E-state index < -0.39 is 70.8 Å². The van der Waals surface area contributed by atoms with Gasteiger partial charge in [-0.1, -0.05) is 45.4 Å². The minimum atomic E-state index is -5.18. The maximum absolute atomic E-state index is 13.5. The maximum atomic E-state index is 13.5. The van der Waals surface area contributed by atoms with Crippen LogP contribution >= 0.6 is 0 Å². The second kappa shape index (κ2) is 13.1. The summed E-state index contributed by atoms with van der Waals surface area (Å²) in [6.45, 7) is 6.92. The number of nitrogens with zero attached hydrogens (tertiary/aromatic N) is 1. The summed E-state index contributed by atoms with van der Waals surface area (Å²) < 4.78 is 91.4. The lowest BCUT2D eigenvalue weighted by Crippen LogP contribution is -2.47. The Bertz CT molecular complexity index is 1090. The van der Waals surface area contributed by atoms with Gasteiger partial charge in [-0.05, 0) is 58.2 Å². The largest absolute Gasteiger partial charge is 0.446 e. The molecule has 13 heteroatoms. The van der Waals surface area contributed by atoms with Crippen molar-refractivity contribution in [3.8, 4) is 0 Å². The van der Waals surface area contributed by atoms with Crippen molar-refractivity contribution in [2.45, 2.75) is 128 Å². The molecule has 3 atom stereocenters. The van der Waals surface area contributed by atoms with Gasteiger partial charge < -0.3 is 14.8 Å². The summed E-state index contributed by atoms with van der Waals surface area (Å²) in [5.74, 6) is -2.31. The Balaban J connectivity index is 1.96. The minimum Gasteiger partial charge on any atom is -0.446 e. The summed E-state index contributed by atoms with van der Waals surface area (Å²) in [7, 11) is 0. The van der Waals surface area contributed by atoms with Crippen LogP contribution in [-0.4, -0.2) is 52.7 Å². The first-order chi connectivity index (χ1) is 19.4. The van der Waals surface area contributed by atoms with Gasteiger partial charge in [0.05, 0.1) is 22.7 Å². The Kier molecular flexibility index (Phi) is 10.5. The molecular formula is C29H38F6N2O5. The molecule has 2 amide bonds. The number of hydrogen-bond acceptors (Lipinski definition) is 5. The van der Waals surface area contributed by atoms with Gasteiger partial charge in [-0.15, -0.1) is 0 Å². The Morgan fingerprint density at radius 1 is 0.929 bits per heavy atom. The second-order valence-corrected chi connectivity index (χ2v) is 11.9. The van der Waals surface area contributed by atoms with Crippen molar-refractivity contribution in [1.82, 2.24) is 10.2 Å². The number of hydrogen-bond donors (Lipinski definition) is 1. The summed E-state index contributed by atoms with van der Waals surface area (Å²) in [5.41, 5.74) is -5.28. The van der Waals surface area contributed by atoms with Crippen molar-refractivity contribution < 1.29 is 50.2 Å². The van der Waals surface area contributed by atoms with Crippen LogP contribution in [0.1, 0.15) is 107 Å². The van der Waals surface area contributed by atoms with Gasteiger partial charge in [0, 0.05) is 6.04 Å². The van der Waals surface area contributed by atoms with Crippen LogP contribution < -0.4 is 5.32 Å². The van der Waals surface area contributed by atoms with Crippen LogP contribution in [-0.2, 0) is 26.6 Å². The molecule has 1 saturated heterocycles. The SMILES string of the molecule is CCCCC[C@@H]1[C@@H]([C@H](OC(=O)c2cc(C(F)(F)F)cc(C(F)(F)F)c2)C(=O)NC2CCCCC2)N1C(=O)OC(C)(C)C. The minimum absolute atomic E-state index is 0.0983. The van der Waals surface area contributed by atoms with Crippen molar-refractivity contribution in [2.75, 3.05) is 0 Å². The third-order valence-electron chi connectivity index (χ3n) is 7.27. The number of halogens is 6. The van der Waals surface area contributed by atoms with Gasteiger partial charge in [0.15, 0.2) is 0 Å². The van der Waals surface area contributed by atoms with E-state index in [-0.39, 0.29) is 24.2 Å². The van der Waals surface area contributed by atoms with Crippen molar-refractivity contribution in [3.05, 3.63) is 34.9 Å². The predicted molar refractivity (Wildman–Crippen MR) is 140 cm³/mol. The van der Waals surface area contributed by atoms with Crippen LogP contribution in [0.3, 0.4) is 0 Å². The van der Waals surface area contributed by atoms with Crippen molar-refractivity contribution in [2.24, 2.45) is 0 Å². The molecule has 2 aliphatic rings. The number of unbranched alkanes of at least 4 members (excludes halogenated alkanes) is 2. The quantitative estimate of drug-likeness (QED) is 0.138. The van der Waals surface area contributed by atoms with Crippen LogP contribution in [0.5, 0.6) is 0 Å². The Morgan fingerprint density at radius 3 is 2.00 bits per heavy atom. The van der Waals surface area contributed by atoms with E-state index in [1.54, 1.807) is 20.8 Å². The smallest absolute Gasteiger partial charge is 0.416 e. The van der Waals surface area contributed by atoms with Crippen molar-refractivity contribution >= 4 is 18.0 Å². The molecule has 7 nitrogen and oxygen atoms in total. The van der Waals surface area contributed by atoms with Gasteiger partial charge in [0.1, 0.15) is 11.6 Å². The van der Waals surface area contributed by atoms with Crippen molar-refractivity contribution in [3.63, 3.8) is 0 Å². The Hall–Kier alpha value is -2.99. The van der Waals surface area contributed by atoms with Crippen LogP contribution in [0.4, 0.5) is 31.1 Å². The first-order valence-corrected chi connectivity index (χ1v) is 14.2. The standard InChI is InChI=1S/C29H38F6N2O5/c1-5-6-8-13-21-22(37(21)26(40)42-27(2,3)4)23(24(38)36-20-11-9-7-10-12-20)41-25(39)17-14-18(28(30,31)32)16-19(15-17)29(33,34)35/h14-16,20-23H,5-13H2,1-4H3,(H,36,38)/t21-,22+,23+,37?/m1/s1. The third kappa shape index (κ3) is 9.00. The molecule has 0 aromatic heterocycles. The van der Waals surface area contributed by atoms with Gasteiger partial charge in [0.2, 0.25) is 6.10 Å². The molecule has 3 rings (SSSR count). The number of rotatable bonds is 9. The lowest BCUT2D eigenvalue weighted by Gasteiger charge is -2.26. The lowest BCUT2D eigenvalue weighted by molar-refractivity contribution is -0.143. The van der Waals surface area contributed by atoms with Gasteiger partial charge in [0.25, 0.3) is 5.91 Å². The Labute approximate surface area is 241 Å². The summed E-state index contributed by atoms with van der Waals surface area (Å²) in [6, 6.07) is -1.41. The van der Waals surface area contributed by atoms with Crippen LogP contribution in [0.15, 0.2) is 18.2 Å². The molecule has 2 fully saturated rings. The summed E-state index contributed by atoms with van der Waals surface area (Å²) >= 11 is 0. The number of benzene rings is 1. The fourth-order valence-electron chi connectivity index (χ4n) is 5.20. The summed E-state index contributed by atoms with van der Waals surface area (Å²) in [5, 5.41) is 2.81. The fourth-order valence-corrected chi connectivity index (χ4v) is 5.20. The predicted octanol–water partition coefficient (Wildman–Crippen LogP) is 7.27. The molecule has 236 valence electrons. The highest BCUT2D eigenvalue weighted by Crippen LogP contribution is 2.40.